The third-order valence-corrected chi connectivity index (χ3v) is 4.88. The van der Waals surface area contributed by atoms with Crippen molar-refractivity contribution >= 4 is 5.91 Å². The molecular weight excluding hydrogens is 291 g/mol. The highest BCUT2D eigenvalue weighted by Crippen LogP contribution is 2.64. The lowest BCUT2D eigenvalue weighted by Crippen LogP contribution is -2.37. The van der Waals surface area contributed by atoms with Gasteiger partial charge in [0, 0.05) is 18.4 Å². The average molecular weight is 312 g/mol. The quantitative estimate of drug-likeness (QED) is 0.938. The van der Waals surface area contributed by atoms with Gasteiger partial charge in [0.1, 0.15) is 5.82 Å². The molecule has 0 spiro atoms. The third kappa shape index (κ3) is 2.74. The van der Waals surface area contributed by atoms with Gasteiger partial charge < -0.3 is 5.32 Å². The largest absolute Gasteiger partial charge is 0.351 e. The van der Waals surface area contributed by atoms with Crippen molar-refractivity contribution in [1.82, 2.24) is 10.3 Å². The van der Waals surface area contributed by atoms with E-state index in [0.717, 1.165) is 23.2 Å². The highest BCUT2D eigenvalue weighted by atomic mass is 19.1. The summed E-state index contributed by atoms with van der Waals surface area (Å²) in [6, 6.07) is 10.1. The Morgan fingerprint density at radius 2 is 1.91 bits per heavy atom. The van der Waals surface area contributed by atoms with Crippen molar-refractivity contribution in [2.24, 2.45) is 5.41 Å². The fourth-order valence-electron chi connectivity index (χ4n) is 3.41. The molecule has 1 fully saturated rings. The van der Waals surface area contributed by atoms with E-state index in [1.807, 2.05) is 19.1 Å². The molecule has 1 aromatic carbocycles. The van der Waals surface area contributed by atoms with Gasteiger partial charge in [-0.2, -0.15) is 0 Å². The van der Waals surface area contributed by atoms with Crippen LogP contribution >= 0.6 is 0 Å². The number of amides is 1. The van der Waals surface area contributed by atoms with Gasteiger partial charge in [-0.3, -0.25) is 9.78 Å². The molecule has 1 amide bonds. The molecule has 1 N–H and O–H groups in total. The van der Waals surface area contributed by atoms with Crippen LogP contribution in [-0.2, 0) is 16.8 Å². The number of halogens is 1. The molecule has 2 aromatic rings. The van der Waals surface area contributed by atoms with Crippen molar-refractivity contribution in [3.63, 3.8) is 0 Å². The molecule has 3 rings (SSSR count). The Morgan fingerprint density at radius 3 is 2.48 bits per heavy atom. The number of hydrogen-bond acceptors (Lipinski definition) is 2. The molecule has 23 heavy (non-hydrogen) atoms. The van der Waals surface area contributed by atoms with Gasteiger partial charge in [-0.05, 0) is 54.2 Å². The van der Waals surface area contributed by atoms with Crippen LogP contribution in [0.5, 0.6) is 0 Å². The number of aromatic nitrogens is 1. The number of carbonyl (C=O) groups is 1. The second-order valence-electron chi connectivity index (χ2n) is 6.96. The summed E-state index contributed by atoms with van der Waals surface area (Å²) in [6.07, 6.45) is 2.51. The molecule has 1 aromatic heterocycles. The summed E-state index contributed by atoms with van der Waals surface area (Å²) in [7, 11) is 0. The predicted octanol–water partition coefficient (Wildman–Crippen LogP) is 3.51. The predicted molar refractivity (Wildman–Crippen MR) is 87.3 cm³/mol. The van der Waals surface area contributed by atoms with Crippen LogP contribution in [0.25, 0.3) is 0 Å². The summed E-state index contributed by atoms with van der Waals surface area (Å²) in [5.41, 5.74) is 2.15. The zero-order valence-electron chi connectivity index (χ0n) is 13.7. The van der Waals surface area contributed by atoms with E-state index in [1.54, 1.807) is 18.3 Å². The van der Waals surface area contributed by atoms with E-state index in [0.29, 0.717) is 6.54 Å². The van der Waals surface area contributed by atoms with Gasteiger partial charge in [0.05, 0.1) is 5.41 Å². The van der Waals surface area contributed by atoms with Crippen LogP contribution < -0.4 is 5.32 Å². The van der Waals surface area contributed by atoms with Crippen LogP contribution in [-0.4, -0.2) is 10.9 Å². The number of benzene rings is 1. The Bertz CT molecular complexity index is 739. The first-order valence-electron chi connectivity index (χ1n) is 7.81. The molecule has 0 unspecified atom stereocenters. The lowest BCUT2D eigenvalue weighted by atomic mass is 9.87. The number of carbonyl (C=O) groups excluding carboxylic acids is 1. The van der Waals surface area contributed by atoms with E-state index >= 15 is 0 Å². The molecule has 0 bridgehead atoms. The Morgan fingerprint density at radius 1 is 1.26 bits per heavy atom. The minimum absolute atomic E-state index is 0.00331. The summed E-state index contributed by atoms with van der Waals surface area (Å²) < 4.78 is 13.2. The number of hydrogen-bond donors (Lipinski definition) is 1. The maximum Gasteiger partial charge on any atom is 0.231 e. The minimum Gasteiger partial charge on any atom is -0.351 e. The molecule has 1 atom stereocenters. The molecule has 1 heterocycles. The first kappa shape index (κ1) is 15.7. The van der Waals surface area contributed by atoms with E-state index in [1.165, 1.54) is 12.1 Å². The van der Waals surface area contributed by atoms with Crippen molar-refractivity contribution in [3.8, 4) is 0 Å². The van der Waals surface area contributed by atoms with Gasteiger partial charge in [0.25, 0.3) is 0 Å². The van der Waals surface area contributed by atoms with Gasteiger partial charge in [-0.15, -0.1) is 0 Å². The molecule has 3 nitrogen and oxygen atoms in total. The summed E-state index contributed by atoms with van der Waals surface area (Å²) >= 11 is 0. The normalized spacial score (nSPS) is 21.7. The summed E-state index contributed by atoms with van der Waals surface area (Å²) in [4.78, 5) is 17.0. The zero-order valence-corrected chi connectivity index (χ0v) is 13.7. The third-order valence-electron chi connectivity index (χ3n) is 4.88. The van der Waals surface area contributed by atoms with E-state index in [-0.39, 0.29) is 17.1 Å². The number of aryl methyl sites for hydroxylation is 1. The first-order chi connectivity index (χ1) is 10.8. The Hall–Kier alpha value is -2.23. The monoisotopic (exact) mass is 312 g/mol. The highest BCUT2D eigenvalue weighted by molar-refractivity contribution is 5.93. The number of pyridine rings is 1. The number of nitrogens with zero attached hydrogens (tertiary/aromatic N) is 1. The van der Waals surface area contributed by atoms with Crippen molar-refractivity contribution in [1.29, 1.82) is 0 Å². The summed E-state index contributed by atoms with van der Waals surface area (Å²) in [5, 5.41) is 3.04. The molecule has 1 aliphatic rings. The van der Waals surface area contributed by atoms with Gasteiger partial charge in [-0.1, -0.05) is 26.0 Å². The van der Waals surface area contributed by atoms with Crippen LogP contribution in [0.3, 0.4) is 0 Å². The first-order valence-corrected chi connectivity index (χ1v) is 7.81. The van der Waals surface area contributed by atoms with Crippen LogP contribution in [0.2, 0.25) is 0 Å². The van der Waals surface area contributed by atoms with Crippen molar-refractivity contribution in [2.45, 2.75) is 39.2 Å². The highest BCUT2D eigenvalue weighted by Gasteiger charge is 2.66. The fourth-order valence-corrected chi connectivity index (χ4v) is 3.41. The molecule has 0 aliphatic heterocycles. The van der Waals surface area contributed by atoms with E-state index in [4.69, 9.17) is 0 Å². The number of rotatable bonds is 4. The van der Waals surface area contributed by atoms with E-state index in [2.05, 4.69) is 24.1 Å². The van der Waals surface area contributed by atoms with E-state index < -0.39 is 5.41 Å². The minimum atomic E-state index is -0.567. The molecule has 1 aliphatic carbocycles. The molecule has 120 valence electrons. The number of nitrogens with one attached hydrogen (secondary N) is 1. The average Bonchev–Trinajstić information content (AvgIpc) is 3.10. The molecule has 4 heteroatoms. The van der Waals surface area contributed by atoms with Crippen LogP contribution in [0.1, 0.15) is 37.1 Å². The van der Waals surface area contributed by atoms with E-state index in [9.17, 15) is 9.18 Å². The second-order valence-corrected chi connectivity index (χ2v) is 6.96. The Labute approximate surface area is 135 Å². The molecule has 0 radical (unpaired) electrons. The molecular formula is C19H21FN2O. The standard InChI is InChI=1S/C19H21FN2O/c1-13-10-14(8-9-21-13)11-22-17(23)19(12-18(19,2)3)15-4-6-16(20)7-5-15/h4-10H,11-12H2,1-3H3,(H,22,23)/t19-/m0/s1. The topological polar surface area (TPSA) is 42.0 Å². The van der Waals surface area contributed by atoms with Crippen LogP contribution in [0.4, 0.5) is 4.39 Å². The fraction of sp³-hybridized carbons (Fsp3) is 0.368. The zero-order chi connectivity index (χ0) is 16.7. The van der Waals surface area contributed by atoms with Crippen LogP contribution in [0.15, 0.2) is 42.6 Å². The van der Waals surface area contributed by atoms with Crippen molar-refractivity contribution in [2.75, 3.05) is 0 Å². The lowest BCUT2D eigenvalue weighted by Gasteiger charge is -2.21. The van der Waals surface area contributed by atoms with Crippen molar-refractivity contribution in [3.05, 3.63) is 65.2 Å². The summed E-state index contributed by atoms with van der Waals surface area (Å²) in [6.45, 7) is 6.55. The van der Waals surface area contributed by atoms with Gasteiger partial charge in [0.2, 0.25) is 5.91 Å². The van der Waals surface area contributed by atoms with Crippen molar-refractivity contribution < 1.29 is 9.18 Å². The molecule has 0 saturated heterocycles. The summed E-state index contributed by atoms with van der Waals surface area (Å²) in [5.74, 6) is -0.279. The lowest BCUT2D eigenvalue weighted by molar-refractivity contribution is -0.124. The van der Waals surface area contributed by atoms with Gasteiger partial charge in [-0.25, -0.2) is 4.39 Å². The SMILES string of the molecule is Cc1cc(CNC(=O)[C@@]2(c3ccc(F)cc3)CC2(C)C)ccn1. The smallest absolute Gasteiger partial charge is 0.231 e. The second kappa shape index (κ2) is 5.44. The Balaban J connectivity index is 1.79. The molecule has 1 saturated carbocycles. The van der Waals surface area contributed by atoms with Gasteiger partial charge >= 0.3 is 0 Å². The maximum absolute atomic E-state index is 13.2. The maximum atomic E-state index is 13.2. The van der Waals surface area contributed by atoms with Gasteiger partial charge in [0.15, 0.2) is 0 Å². The van der Waals surface area contributed by atoms with Crippen LogP contribution in [0, 0.1) is 18.2 Å². The Kier molecular flexibility index (Phi) is 3.71.